The maximum atomic E-state index is 11.5. The summed E-state index contributed by atoms with van der Waals surface area (Å²) in [6.07, 6.45) is -3.16. The van der Waals surface area contributed by atoms with Crippen molar-refractivity contribution in [1.82, 2.24) is 5.32 Å². The lowest BCUT2D eigenvalue weighted by atomic mass is 9.94. The molecular formula is C17H25NO6. The van der Waals surface area contributed by atoms with Gasteiger partial charge in [0.25, 0.3) is 0 Å². The summed E-state index contributed by atoms with van der Waals surface area (Å²) in [7, 11) is 0. The van der Waals surface area contributed by atoms with Crippen LogP contribution in [0.15, 0.2) is 18.2 Å². The van der Waals surface area contributed by atoms with Crippen LogP contribution < -0.4 is 5.32 Å². The summed E-state index contributed by atoms with van der Waals surface area (Å²) in [5, 5.41) is 32.1. The van der Waals surface area contributed by atoms with E-state index >= 15 is 0 Å². The lowest BCUT2D eigenvalue weighted by Gasteiger charge is -2.22. The molecule has 134 valence electrons. The second-order valence-corrected chi connectivity index (χ2v) is 6.57. The molecule has 0 spiro atoms. The zero-order chi connectivity index (χ0) is 18.5. The maximum Gasteiger partial charge on any atom is 0.407 e. The highest BCUT2D eigenvalue weighted by Crippen LogP contribution is 2.25. The molecule has 1 rings (SSSR count). The Morgan fingerprint density at radius 2 is 1.88 bits per heavy atom. The SMILES string of the molecule is Cc1cccc(C(O)C(O)CCNC(=O)OC(C)(C)C)c1C(=O)O. The van der Waals surface area contributed by atoms with E-state index in [1.54, 1.807) is 39.8 Å². The smallest absolute Gasteiger partial charge is 0.407 e. The fraction of sp³-hybridized carbons (Fsp3) is 0.529. The number of rotatable bonds is 6. The highest BCUT2D eigenvalue weighted by Gasteiger charge is 2.25. The van der Waals surface area contributed by atoms with Crippen LogP contribution in [0, 0.1) is 6.92 Å². The number of aliphatic hydroxyl groups excluding tert-OH is 2. The first kappa shape index (κ1) is 19.9. The summed E-state index contributed by atoms with van der Waals surface area (Å²) in [5.41, 5.74) is -0.00488. The predicted octanol–water partition coefficient (Wildman–Crippen LogP) is 2.00. The van der Waals surface area contributed by atoms with Crippen molar-refractivity contribution < 1.29 is 29.6 Å². The number of carbonyl (C=O) groups is 2. The third-order valence-electron chi connectivity index (χ3n) is 3.31. The number of hydrogen-bond donors (Lipinski definition) is 4. The minimum Gasteiger partial charge on any atom is -0.478 e. The molecule has 7 nitrogen and oxygen atoms in total. The number of nitrogens with one attached hydrogen (secondary N) is 1. The minimum atomic E-state index is -1.36. The van der Waals surface area contributed by atoms with Crippen molar-refractivity contribution in [2.45, 2.75) is 51.9 Å². The van der Waals surface area contributed by atoms with Crippen LogP contribution in [-0.4, -0.2) is 45.6 Å². The number of ether oxygens (including phenoxy) is 1. The molecule has 0 saturated heterocycles. The number of benzene rings is 1. The van der Waals surface area contributed by atoms with E-state index in [0.717, 1.165) is 0 Å². The van der Waals surface area contributed by atoms with Gasteiger partial charge >= 0.3 is 12.1 Å². The van der Waals surface area contributed by atoms with Crippen LogP contribution in [0.25, 0.3) is 0 Å². The van der Waals surface area contributed by atoms with E-state index in [2.05, 4.69) is 5.32 Å². The first-order valence-electron chi connectivity index (χ1n) is 7.68. The zero-order valence-electron chi connectivity index (χ0n) is 14.4. The van der Waals surface area contributed by atoms with Gasteiger partial charge in [-0.05, 0) is 45.2 Å². The average Bonchev–Trinajstić information content (AvgIpc) is 2.43. The summed E-state index contributed by atoms with van der Waals surface area (Å²) in [4.78, 5) is 22.9. The summed E-state index contributed by atoms with van der Waals surface area (Å²) in [5.74, 6) is -1.17. The molecule has 24 heavy (non-hydrogen) atoms. The van der Waals surface area contributed by atoms with E-state index in [0.29, 0.717) is 5.56 Å². The number of aromatic carboxylic acids is 1. The van der Waals surface area contributed by atoms with Gasteiger partial charge in [-0.2, -0.15) is 0 Å². The van der Waals surface area contributed by atoms with Crippen molar-refractivity contribution >= 4 is 12.1 Å². The lowest BCUT2D eigenvalue weighted by molar-refractivity contribution is 0.0115. The third kappa shape index (κ3) is 5.82. The Labute approximate surface area is 141 Å². The Bertz CT molecular complexity index is 593. The quantitative estimate of drug-likeness (QED) is 0.630. The summed E-state index contributed by atoms with van der Waals surface area (Å²) >= 11 is 0. The Morgan fingerprint density at radius 3 is 2.42 bits per heavy atom. The molecule has 2 unspecified atom stereocenters. The van der Waals surface area contributed by atoms with Gasteiger partial charge in [0, 0.05) is 6.54 Å². The van der Waals surface area contributed by atoms with E-state index in [1.165, 1.54) is 6.07 Å². The van der Waals surface area contributed by atoms with Crippen molar-refractivity contribution in [1.29, 1.82) is 0 Å². The lowest BCUT2D eigenvalue weighted by Crippen LogP contribution is -2.34. The molecule has 0 aliphatic carbocycles. The van der Waals surface area contributed by atoms with Crippen LogP contribution in [0.2, 0.25) is 0 Å². The average molecular weight is 339 g/mol. The number of amides is 1. The van der Waals surface area contributed by atoms with E-state index in [9.17, 15) is 24.9 Å². The second kappa shape index (κ2) is 8.12. The van der Waals surface area contributed by atoms with E-state index < -0.39 is 29.9 Å². The van der Waals surface area contributed by atoms with E-state index in [-0.39, 0.29) is 24.1 Å². The third-order valence-corrected chi connectivity index (χ3v) is 3.31. The molecule has 1 aromatic rings. The van der Waals surface area contributed by atoms with Crippen LogP contribution in [0.4, 0.5) is 4.79 Å². The topological polar surface area (TPSA) is 116 Å². The Balaban J connectivity index is 2.66. The number of aryl methyl sites for hydroxylation is 1. The monoisotopic (exact) mass is 339 g/mol. The van der Waals surface area contributed by atoms with Gasteiger partial charge in [0.15, 0.2) is 0 Å². The molecule has 0 bridgehead atoms. The molecule has 2 atom stereocenters. The normalized spacial score (nSPS) is 13.9. The van der Waals surface area contributed by atoms with Gasteiger partial charge < -0.3 is 25.4 Å². The maximum absolute atomic E-state index is 11.5. The first-order valence-corrected chi connectivity index (χ1v) is 7.68. The van der Waals surface area contributed by atoms with Gasteiger partial charge in [0.05, 0.1) is 11.7 Å². The van der Waals surface area contributed by atoms with Gasteiger partial charge in [-0.15, -0.1) is 0 Å². The standard InChI is InChI=1S/C17H25NO6/c1-10-6-5-7-11(13(10)15(21)22)14(20)12(19)8-9-18-16(23)24-17(2,3)4/h5-7,12,14,19-20H,8-9H2,1-4H3,(H,18,23)(H,21,22). The highest BCUT2D eigenvalue weighted by atomic mass is 16.6. The van der Waals surface area contributed by atoms with Crippen molar-refractivity contribution in [3.8, 4) is 0 Å². The van der Waals surface area contributed by atoms with Crippen molar-refractivity contribution in [3.63, 3.8) is 0 Å². The Kier molecular flexibility index (Phi) is 6.74. The largest absolute Gasteiger partial charge is 0.478 e. The summed E-state index contributed by atoms with van der Waals surface area (Å²) < 4.78 is 5.06. The fourth-order valence-corrected chi connectivity index (χ4v) is 2.23. The molecule has 1 aromatic carbocycles. The van der Waals surface area contributed by atoms with Gasteiger partial charge in [0.1, 0.15) is 11.7 Å². The number of carboxylic acids is 1. The van der Waals surface area contributed by atoms with Crippen molar-refractivity contribution in [2.75, 3.05) is 6.54 Å². The molecule has 0 saturated carbocycles. The molecule has 7 heteroatoms. The van der Waals surface area contributed by atoms with Crippen molar-refractivity contribution in [3.05, 3.63) is 34.9 Å². The predicted molar refractivity (Wildman–Crippen MR) is 88.0 cm³/mol. The number of hydrogen-bond acceptors (Lipinski definition) is 5. The fourth-order valence-electron chi connectivity index (χ4n) is 2.23. The van der Waals surface area contributed by atoms with Crippen LogP contribution in [0.3, 0.4) is 0 Å². The van der Waals surface area contributed by atoms with E-state index in [4.69, 9.17) is 4.74 Å². The first-order chi connectivity index (χ1) is 11.0. The van der Waals surface area contributed by atoms with Gasteiger partial charge in [0.2, 0.25) is 0 Å². The van der Waals surface area contributed by atoms with Gasteiger partial charge in [-0.3, -0.25) is 0 Å². The molecule has 0 aliphatic rings. The molecule has 1 amide bonds. The van der Waals surface area contributed by atoms with Crippen LogP contribution in [0.5, 0.6) is 0 Å². The Hall–Kier alpha value is -2.12. The number of carboxylic acid groups (broad SMARTS) is 1. The number of alkyl carbamates (subject to hydrolysis) is 1. The molecular weight excluding hydrogens is 314 g/mol. The summed E-state index contributed by atoms with van der Waals surface area (Å²) in [6, 6.07) is 4.70. The highest BCUT2D eigenvalue weighted by molar-refractivity contribution is 5.91. The molecule has 0 radical (unpaired) electrons. The second-order valence-electron chi connectivity index (χ2n) is 6.57. The molecule has 4 N–H and O–H groups in total. The minimum absolute atomic E-state index is 0.0239. The molecule has 0 aromatic heterocycles. The summed E-state index contributed by atoms with van der Waals surface area (Å²) in [6.45, 7) is 6.90. The van der Waals surface area contributed by atoms with E-state index in [1.807, 2.05) is 0 Å². The zero-order valence-corrected chi connectivity index (χ0v) is 14.4. The molecule has 0 heterocycles. The van der Waals surface area contributed by atoms with Gasteiger partial charge in [-0.25, -0.2) is 9.59 Å². The van der Waals surface area contributed by atoms with Gasteiger partial charge in [-0.1, -0.05) is 18.2 Å². The number of carbonyl (C=O) groups excluding carboxylic acids is 1. The van der Waals surface area contributed by atoms with Crippen LogP contribution in [0.1, 0.15) is 54.8 Å². The number of aliphatic hydroxyl groups is 2. The van der Waals surface area contributed by atoms with Crippen molar-refractivity contribution in [2.24, 2.45) is 0 Å². The molecule has 0 aliphatic heterocycles. The molecule has 0 fully saturated rings. The Morgan fingerprint density at radius 1 is 1.25 bits per heavy atom. The van der Waals surface area contributed by atoms with Crippen LogP contribution in [-0.2, 0) is 4.74 Å². The van der Waals surface area contributed by atoms with Crippen LogP contribution >= 0.6 is 0 Å².